The van der Waals surface area contributed by atoms with Gasteiger partial charge in [0.15, 0.2) is 0 Å². The summed E-state index contributed by atoms with van der Waals surface area (Å²) in [5, 5.41) is 2.94. The molecule has 0 spiro atoms. The Hall–Kier alpha value is -0.610. The molecule has 16 heavy (non-hydrogen) atoms. The molecule has 0 heterocycles. The molecule has 0 aliphatic heterocycles. The highest BCUT2D eigenvalue weighted by molar-refractivity contribution is 5.76. The monoisotopic (exact) mass is 229 g/mol. The molecule has 96 valence electrons. The zero-order valence-corrected chi connectivity index (χ0v) is 11.0. The van der Waals surface area contributed by atoms with Crippen molar-refractivity contribution in [3.63, 3.8) is 0 Å². The van der Waals surface area contributed by atoms with Crippen molar-refractivity contribution in [3.8, 4) is 0 Å². The average molecular weight is 229 g/mol. The lowest BCUT2D eigenvalue weighted by atomic mass is 10.0. The zero-order chi connectivity index (χ0) is 12.4. The maximum atomic E-state index is 11.5. The molecular formula is C12H27N3O. The van der Waals surface area contributed by atoms with Gasteiger partial charge in [-0.25, -0.2) is 0 Å². The second-order valence-corrected chi connectivity index (χ2v) is 4.57. The van der Waals surface area contributed by atoms with Crippen molar-refractivity contribution in [1.29, 1.82) is 0 Å². The minimum Gasteiger partial charge on any atom is -0.356 e. The lowest BCUT2D eigenvalue weighted by Gasteiger charge is -2.12. The molecule has 3 N–H and O–H groups in total. The SMILES string of the molecule is CCC(CN)CC(=O)NCCCCN(C)C. The number of carbonyl (C=O) groups is 1. The molecule has 1 unspecified atom stereocenters. The first kappa shape index (κ1) is 15.4. The highest BCUT2D eigenvalue weighted by atomic mass is 16.1. The van der Waals surface area contributed by atoms with E-state index in [1.165, 1.54) is 0 Å². The van der Waals surface area contributed by atoms with E-state index in [-0.39, 0.29) is 5.91 Å². The van der Waals surface area contributed by atoms with Crippen molar-refractivity contribution in [1.82, 2.24) is 10.2 Å². The highest BCUT2D eigenvalue weighted by Gasteiger charge is 2.09. The van der Waals surface area contributed by atoms with Gasteiger partial charge in [-0.05, 0) is 45.9 Å². The van der Waals surface area contributed by atoms with Crippen LogP contribution in [-0.4, -0.2) is 44.5 Å². The van der Waals surface area contributed by atoms with Crippen LogP contribution in [0.4, 0.5) is 0 Å². The van der Waals surface area contributed by atoms with E-state index in [2.05, 4.69) is 31.2 Å². The number of hydrogen-bond donors (Lipinski definition) is 2. The van der Waals surface area contributed by atoms with Crippen LogP contribution in [0.1, 0.15) is 32.6 Å². The van der Waals surface area contributed by atoms with Crippen molar-refractivity contribution >= 4 is 5.91 Å². The summed E-state index contributed by atoms with van der Waals surface area (Å²) in [6, 6.07) is 0. The van der Waals surface area contributed by atoms with Crippen molar-refractivity contribution in [2.24, 2.45) is 11.7 Å². The van der Waals surface area contributed by atoms with E-state index >= 15 is 0 Å². The predicted molar refractivity (Wildman–Crippen MR) is 68.3 cm³/mol. The Balaban J connectivity index is 3.43. The van der Waals surface area contributed by atoms with Gasteiger partial charge in [-0.2, -0.15) is 0 Å². The summed E-state index contributed by atoms with van der Waals surface area (Å²) in [4.78, 5) is 13.6. The summed E-state index contributed by atoms with van der Waals surface area (Å²) in [6.07, 6.45) is 3.72. The van der Waals surface area contributed by atoms with Gasteiger partial charge < -0.3 is 16.0 Å². The molecule has 0 aromatic rings. The number of nitrogens with zero attached hydrogens (tertiary/aromatic N) is 1. The topological polar surface area (TPSA) is 58.4 Å². The normalized spacial score (nSPS) is 12.8. The summed E-state index contributed by atoms with van der Waals surface area (Å²) in [5.41, 5.74) is 5.56. The van der Waals surface area contributed by atoms with Gasteiger partial charge in [-0.1, -0.05) is 13.3 Å². The molecule has 1 atom stereocenters. The van der Waals surface area contributed by atoms with Gasteiger partial charge in [-0.3, -0.25) is 4.79 Å². The fraction of sp³-hybridized carbons (Fsp3) is 0.917. The maximum absolute atomic E-state index is 11.5. The number of carbonyl (C=O) groups excluding carboxylic acids is 1. The molecule has 0 saturated carbocycles. The Morgan fingerprint density at radius 1 is 1.38 bits per heavy atom. The van der Waals surface area contributed by atoms with Crippen LogP contribution in [0.25, 0.3) is 0 Å². The van der Waals surface area contributed by atoms with Crippen LogP contribution in [0.3, 0.4) is 0 Å². The predicted octanol–water partition coefficient (Wildman–Crippen LogP) is 0.819. The second-order valence-electron chi connectivity index (χ2n) is 4.57. The fourth-order valence-corrected chi connectivity index (χ4v) is 1.51. The molecule has 0 radical (unpaired) electrons. The van der Waals surface area contributed by atoms with E-state index in [1.54, 1.807) is 0 Å². The molecule has 4 nitrogen and oxygen atoms in total. The van der Waals surface area contributed by atoms with Crippen LogP contribution in [0.15, 0.2) is 0 Å². The molecule has 4 heteroatoms. The van der Waals surface area contributed by atoms with Crippen LogP contribution < -0.4 is 11.1 Å². The Morgan fingerprint density at radius 2 is 2.06 bits per heavy atom. The van der Waals surface area contributed by atoms with Crippen molar-refractivity contribution in [2.45, 2.75) is 32.6 Å². The number of unbranched alkanes of at least 4 members (excludes halogenated alkanes) is 1. The van der Waals surface area contributed by atoms with Gasteiger partial charge in [0.2, 0.25) is 5.91 Å². The number of nitrogens with one attached hydrogen (secondary N) is 1. The number of amides is 1. The number of nitrogens with two attached hydrogens (primary N) is 1. The van der Waals surface area contributed by atoms with E-state index in [0.717, 1.165) is 32.4 Å². The second kappa shape index (κ2) is 9.60. The van der Waals surface area contributed by atoms with Gasteiger partial charge in [-0.15, -0.1) is 0 Å². The molecule has 0 rings (SSSR count). The zero-order valence-electron chi connectivity index (χ0n) is 11.0. The van der Waals surface area contributed by atoms with Gasteiger partial charge in [0.05, 0.1) is 0 Å². The van der Waals surface area contributed by atoms with Crippen LogP contribution in [-0.2, 0) is 4.79 Å². The first-order valence-corrected chi connectivity index (χ1v) is 6.21. The molecule has 0 aliphatic rings. The quantitative estimate of drug-likeness (QED) is 0.576. The lowest BCUT2D eigenvalue weighted by Crippen LogP contribution is -2.29. The Kier molecular flexibility index (Phi) is 9.24. The average Bonchev–Trinajstić information content (AvgIpc) is 2.25. The first-order valence-electron chi connectivity index (χ1n) is 6.21. The number of rotatable bonds is 9. The Bertz CT molecular complexity index is 179. The van der Waals surface area contributed by atoms with Gasteiger partial charge in [0.25, 0.3) is 0 Å². The summed E-state index contributed by atoms with van der Waals surface area (Å²) >= 11 is 0. The summed E-state index contributed by atoms with van der Waals surface area (Å²) in [6.45, 7) is 4.54. The van der Waals surface area contributed by atoms with Crippen LogP contribution in [0.2, 0.25) is 0 Å². The van der Waals surface area contributed by atoms with Crippen LogP contribution in [0, 0.1) is 5.92 Å². The summed E-state index contributed by atoms with van der Waals surface area (Å²) < 4.78 is 0. The van der Waals surface area contributed by atoms with Gasteiger partial charge >= 0.3 is 0 Å². The smallest absolute Gasteiger partial charge is 0.220 e. The van der Waals surface area contributed by atoms with Crippen molar-refractivity contribution < 1.29 is 4.79 Å². The highest BCUT2D eigenvalue weighted by Crippen LogP contribution is 2.05. The molecule has 0 aromatic carbocycles. The lowest BCUT2D eigenvalue weighted by molar-refractivity contribution is -0.122. The molecule has 0 bridgehead atoms. The van der Waals surface area contributed by atoms with Crippen molar-refractivity contribution in [3.05, 3.63) is 0 Å². The summed E-state index contributed by atoms with van der Waals surface area (Å²) in [7, 11) is 4.12. The third kappa shape index (κ3) is 8.68. The fourth-order valence-electron chi connectivity index (χ4n) is 1.51. The van der Waals surface area contributed by atoms with Crippen LogP contribution in [0.5, 0.6) is 0 Å². The van der Waals surface area contributed by atoms with E-state index in [9.17, 15) is 4.79 Å². The van der Waals surface area contributed by atoms with Gasteiger partial charge in [0.1, 0.15) is 0 Å². The Labute approximate surface area is 99.6 Å². The van der Waals surface area contributed by atoms with Gasteiger partial charge in [0, 0.05) is 13.0 Å². The molecule has 1 amide bonds. The third-order valence-electron chi connectivity index (χ3n) is 2.74. The number of hydrogen-bond acceptors (Lipinski definition) is 3. The standard InChI is InChI=1S/C12H27N3O/c1-4-11(10-13)9-12(16)14-7-5-6-8-15(2)3/h11H,4-10,13H2,1-3H3,(H,14,16). The maximum Gasteiger partial charge on any atom is 0.220 e. The minimum absolute atomic E-state index is 0.141. The van der Waals surface area contributed by atoms with Crippen LogP contribution >= 0.6 is 0 Å². The summed E-state index contributed by atoms with van der Waals surface area (Å²) in [5.74, 6) is 0.476. The van der Waals surface area contributed by atoms with E-state index in [4.69, 9.17) is 5.73 Å². The molecule has 0 aliphatic carbocycles. The van der Waals surface area contributed by atoms with E-state index < -0.39 is 0 Å². The Morgan fingerprint density at radius 3 is 2.56 bits per heavy atom. The van der Waals surface area contributed by atoms with E-state index in [0.29, 0.717) is 18.9 Å². The third-order valence-corrected chi connectivity index (χ3v) is 2.74. The first-order chi connectivity index (χ1) is 7.60. The van der Waals surface area contributed by atoms with Crippen molar-refractivity contribution in [2.75, 3.05) is 33.7 Å². The molecule has 0 saturated heterocycles. The molecule has 0 aromatic heterocycles. The molecular weight excluding hydrogens is 202 g/mol. The largest absolute Gasteiger partial charge is 0.356 e. The minimum atomic E-state index is 0.141. The molecule has 0 fully saturated rings. The van der Waals surface area contributed by atoms with E-state index in [1.807, 2.05) is 0 Å².